The van der Waals surface area contributed by atoms with Gasteiger partial charge >= 0.3 is 12.1 Å². The van der Waals surface area contributed by atoms with Gasteiger partial charge in [0, 0.05) is 46.1 Å². The molecule has 10 N–H and O–H groups in total. The molecule has 6 amide bonds. The highest BCUT2D eigenvalue weighted by Gasteiger charge is 2.49. The molecule has 2 heterocycles. The lowest BCUT2D eigenvalue weighted by Crippen LogP contribution is -2.61. The van der Waals surface area contributed by atoms with Gasteiger partial charge in [0.15, 0.2) is 6.10 Å². The molecule has 0 aromatic heterocycles. The zero-order valence-corrected chi connectivity index (χ0v) is 62.4. The minimum atomic E-state index is -2.03. The Hall–Kier alpha value is -6.35. The van der Waals surface area contributed by atoms with Crippen LogP contribution in [0.2, 0.25) is 0 Å². The van der Waals surface area contributed by atoms with E-state index >= 15 is 0 Å². The number of nitrogens with two attached hydrogens (primary N) is 1. The van der Waals surface area contributed by atoms with Crippen molar-refractivity contribution in [2.45, 2.75) is 167 Å². The molecule has 0 spiro atoms. The summed E-state index contributed by atoms with van der Waals surface area (Å²) in [4.78, 5) is 106. The molecule has 592 valence electrons. The van der Waals surface area contributed by atoms with Crippen molar-refractivity contribution in [3.8, 4) is 5.75 Å². The minimum absolute atomic E-state index is 0.0154. The lowest BCUT2D eigenvalue weighted by molar-refractivity contribution is -0.271. The van der Waals surface area contributed by atoms with Crippen molar-refractivity contribution in [2.24, 2.45) is 29.6 Å². The van der Waals surface area contributed by atoms with Crippen LogP contribution < -0.4 is 26.6 Å². The van der Waals surface area contributed by atoms with Crippen LogP contribution in [-0.2, 0) is 97.1 Å². The summed E-state index contributed by atoms with van der Waals surface area (Å²) in [5.41, 5.74) is 0.806. The Morgan fingerprint density at radius 3 is 1.72 bits per heavy atom. The van der Waals surface area contributed by atoms with Gasteiger partial charge < -0.3 is 118 Å². The Labute approximate surface area is 610 Å². The van der Waals surface area contributed by atoms with E-state index in [-0.39, 0.29) is 67.6 Å². The van der Waals surface area contributed by atoms with E-state index in [1.165, 1.54) is 44.4 Å². The first-order valence-corrected chi connectivity index (χ1v) is 35.5. The van der Waals surface area contributed by atoms with Gasteiger partial charge in [-0.05, 0) is 61.3 Å². The fourth-order valence-electron chi connectivity index (χ4n) is 12.1. The number of nitrogens with one attached hydrogen (secondary N) is 3. The molecule has 0 radical (unpaired) electrons. The van der Waals surface area contributed by atoms with Crippen molar-refractivity contribution < 1.29 is 126 Å². The average Bonchev–Trinajstić information content (AvgIpc) is 1.80. The molecule has 2 aromatic carbocycles. The van der Waals surface area contributed by atoms with Crippen LogP contribution >= 0.6 is 0 Å². The number of anilines is 1. The van der Waals surface area contributed by atoms with Gasteiger partial charge in [0.05, 0.1) is 154 Å². The number of carboxylic acid groups (broad SMARTS) is 1. The molecule has 15 atom stereocenters. The number of rotatable bonds is 52. The van der Waals surface area contributed by atoms with Gasteiger partial charge in [-0.1, -0.05) is 85.2 Å². The molecule has 2 fully saturated rings. The summed E-state index contributed by atoms with van der Waals surface area (Å²) in [6.45, 7) is 19.1. The molecule has 2 aliphatic heterocycles. The third-order valence-electron chi connectivity index (χ3n) is 18.0. The number of hydrogen-bond acceptors (Lipinski definition) is 26. The van der Waals surface area contributed by atoms with E-state index in [0.717, 1.165) is 4.90 Å². The fraction of sp³-hybridized carbons (Fsp3) is 0.732. The van der Waals surface area contributed by atoms with Crippen molar-refractivity contribution in [1.82, 2.24) is 25.3 Å². The molecule has 33 nitrogen and oxygen atoms in total. The molecule has 33 heteroatoms. The number of hydrogen-bond donors (Lipinski definition) is 9. The average molecular weight is 1480 g/mol. The van der Waals surface area contributed by atoms with Gasteiger partial charge in [0.2, 0.25) is 35.8 Å². The summed E-state index contributed by atoms with van der Waals surface area (Å²) >= 11 is 0. The van der Waals surface area contributed by atoms with Gasteiger partial charge in [-0.2, -0.15) is 0 Å². The topological polar surface area (TPSA) is 422 Å². The van der Waals surface area contributed by atoms with Gasteiger partial charge in [-0.25, -0.2) is 15.5 Å². The van der Waals surface area contributed by atoms with Gasteiger partial charge in [-0.15, -0.1) is 0 Å². The number of amides is 6. The van der Waals surface area contributed by atoms with Crippen molar-refractivity contribution in [1.29, 1.82) is 0 Å². The number of aliphatic hydroxyl groups is 4. The number of nitrogens with zero attached hydrogens (tertiary/aromatic N) is 3. The second kappa shape index (κ2) is 48.8. The van der Waals surface area contributed by atoms with E-state index in [1.807, 2.05) is 19.9 Å². The van der Waals surface area contributed by atoms with Gasteiger partial charge in [0.1, 0.15) is 49.4 Å². The van der Waals surface area contributed by atoms with Crippen LogP contribution in [0.25, 0.3) is 0 Å². The highest BCUT2D eigenvalue weighted by atomic mass is 16.7. The Morgan fingerprint density at radius 1 is 0.673 bits per heavy atom. The summed E-state index contributed by atoms with van der Waals surface area (Å²) in [6, 6.07) is 8.84. The molecule has 4 rings (SSSR count). The number of methoxy groups -OCH3 is 2. The second-order valence-corrected chi connectivity index (χ2v) is 26.3. The van der Waals surface area contributed by atoms with E-state index in [9.17, 15) is 59.1 Å². The Bertz CT molecular complexity index is 2840. The first-order chi connectivity index (χ1) is 49.7. The monoisotopic (exact) mass is 1480 g/mol. The summed E-state index contributed by atoms with van der Waals surface area (Å²) < 4.78 is 72.7. The fourth-order valence-corrected chi connectivity index (χ4v) is 12.1. The first-order valence-electron chi connectivity index (χ1n) is 35.5. The van der Waals surface area contributed by atoms with Crippen LogP contribution in [0.1, 0.15) is 98.3 Å². The third-order valence-corrected chi connectivity index (χ3v) is 18.0. The quantitative estimate of drug-likeness (QED) is 0.0337. The molecule has 104 heavy (non-hydrogen) atoms. The summed E-state index contributed by atoms with van der Waals surface area (Å²) in [7, 11) is 5.89. The molecular formula is C71H117N7O26. The van der Waals surface area contributed by atoms with Crippen molar-refractivity contribution in [2.75, 3.05) is 152 Å². The number of aliphatic hydroxyl groups excluding tert-OH is 4. The second-order valence-electron chi connectivity index (χ2n) is 26.3. The van der Waals surface area contributed by atoms with Crippen LogP contribution in [-0.4, -0.2) is 302 Å². The number of benzene rings is 2. The van der Waals surface area contributed by atoms with E-state index < -0.39 is 140 Å². The maximum Gasteiger partial charge on any atom is 0.410 e. The highest BCUT2D eigenvalue weighted by molar-refractivity contribution is 5.93. The SMILES string of the molecule is CC[C@H](C)[C@@H]([C@@H](CC(=O)N1CCC[C@H]1[C@H](OC)[C@@H](C)C(=O)N[C@H](C)[C@@H](O)c1ccccc1)OC)N(C)C(=O)[C@@H](NC(=O)[C@H](C(C)C)N(C)C(=O)OCc1cc(NC(=O)COCCOCCOCCOCCOCCOCCOCCOCCON)ccc1O[C@@H]1OC(C(=O)O)[C@@H](O)C(O)C1O)C(C)C. The van der Waals surface area contributed by atoms with Crippen LogP contribution in [0, 0.1) is 23.7 Å². The molecule has 0 aliphatic carbocycles. The zero-order valence-electron chi connectivity index (χ0n) is 62.4. The molecular weight excluding hydrogens is 1370 g/mol. The first kappa shape index (κ1) is 90.0. The predicted molar refractivity (Wildman–Crippen MR) is 375 cm³/mol. The van der Waals surface area contributed by atoms with E-state index in [0.29, 0.717) is 111 Å². The van der Waals surface area contributed by atoms with Crippen LogP contribution in [0.4, 0.5) is 10.5 Å². The molecule has 2 saturated heterocycles. The zero-order chi connectivity index (χ0) is 76.8. The Kier molecular flexibility index (Phi) is 42.2. The third kappa shape index (κ3) is 29.4. The van der Waals surface area contributed by atoms with E-state index in [1.54, 1.807) is 77.8 Å². The molecule has 2 aromatic rings. The van der Waals surface area contributed by atoms with Crippen molar-refractivity contribution in [3.05, 3.63) is 59.7 Å². The number of carboxylic acids is 1. The number of likely N-dealkylation sites (tertiary alicyclic amines) is 1. The Morgan fingerprint density at radius 2 is 1.22 bits per heavy atom. The number of aliphatic carboxylic acids is 1. The van der Waals surface area contributed by atoms with Crippen LogP contribution in [0.3, 0.4) is 0 Å². The summed E-state index contributed by atoms with van der Waals surface area (Å²) in [5.74, 6) is -1.34. The smallest absolute Gasteiger partial charge is 0.410 e. The lowest BCUT2D eigenvalue weighted by atomic mass is 9.89. The standard InChI is InChI=1S/C71H117N7O26/c1-13-46(6)59(54(91-11)41-56(80)78-23-17-20-52(78)64(92-12)47(7)66(85)73-48(8)60(81)49-18-15-14-16-19-49)76(9)68(87)57(44(2)3)75-67(86)58(45(4)5)77(10)71(90)101-42-50-40-51(21-22-53(50)103-70-63(84)61(82)62(83)65(104-70)69(88)89)74-55(79)43-100-37-36-98-33-32-96-29-28-94-25-24-93-26-27-95-30-31-97-34-35-99-38-39-102-72/h14-16,18-19,21-22,40,44-48,52,54,57-65,70,81-84H,13,17,20,23-39,41-43,72H2,1-12H3,(H,73,85)(H,74,79)(H,75,86)(H,88,89)/t46-,47+,48+,52-,54+,57-,58-,59-,60+,61?,62-,63?,64+,65?,70+/m0/s1. The largest absolute Gasteiger partial charge is 0.479 e. The minimum Gasteiger partial charge on any atom is -0.479 e. The van der Waals surface area contributed by atoms with Gasteiger partial charge in [-0.3, -0.25) is 28.9 Å². The Balaban J connectivity index is 1.34. The van der Waals surface area contributed by atoms with Crippen molar-refractivity contribution in [3.63, 3.8) is 0 Å². The number of likely N-dealkylation sites (N-methyl/N-ethyl adjacent to an activating group) is 2. The predicted octanol–water partition coefficient (Wildman–Crippen LogP) is 1.81. The number of carbonyl (C=O) groups excluding carboxylic acids is 6. The van der Waals surface area contributed by atoms with Crippen molar-refractivity contribution >= 4 is 47.3 Å². The molecule has 2 aliphatic rings. The normalized spacial score (nSPS) is 20.2. The molecule has 3 unspecified atom stereocenters. The number of ether oxygens (including phenoxy) is 13. The van der Waals surface area contributed by atoms with Crippen LogP contribution in [0.5, 0.6) is 5.75 Å². The molecule has 0 saturated carbocycles. The lowest BCUT2D eigenvalue weighted by Gasteiger charge is -2.41. The van der Waals surface area contributed by atoms with Crippen LogP contribution in [0.15, 0.2) is 48.5 Å². The molecule has 0 bridgehead atoms. The van der Waals surface area contributed by atoms with E-state index in [2.05, 4.69) is 20.8 Å². The van der Waals surface area contributed by atoms with Gasteiger partial charge in [0.25, 0.3) is 0 Å². The summed E-state index contributed by atoms with van der Waals surface area (Å²) in [5, 5.41) is 61.0. The maximum atomic E-state index is 14.9. The summed E-state index contributed by atoms with van der Waals surface area (Å²) in [6.07, 6.45) is -11.8. The highest BCUT2D eigenvalue weighted by Crippen LogP contribution is 2.33. The van der Waals surface area contributed by atoms with E-state index in [4.69, 9.17) is 67.5 Å². The number of carbonyl (C=O) groups is 7. The maximum absolute atomic E-state index is 14.9.